The molecule has 4 nitrogen and oxygen atoms in total. The summed E-state index contributed by atoms with van der Waals surface area (Å²) in [7, 11) is 0. The fraction of sp³-hybridized carbons (Fsp3) is 0.176. The maximum absolute atomic E-state index is 5.97. The van der Waals surface area contributed by atoms with Gasteiger partial charge in [0.25, 0.3) is 5.89 Å². The molecule has 0 radical (unpaired) electrons. The van der Waals surface area contributed by atoms with Gasteiger partial charge >= 0.3 is 0 Å². The molecule has 0 atom stereocenters. The lowest BCUT2D eigenvalue weighted by molar-refractivity contribution is 0.418. The molecule has 1 aromatic heterocycles. The molecule has 0 unspecified atom stereocenters. The molecule has 21 heavy (non-hydrogen) atoms. The van der Waals surface area contributed by atoms with Crippen molar-refractivity contribution in [2.75, 3.05) is 5.73 Å². The number of para-hydroxylation sites is 1. The lowest BCUT2D eigenvalue weighted by Gasteiger charge is -2.10. The van der Waals surface area contributed by atoms with Gasteiger partial charge in [-0.2, -0.15) is 4.98 Å². The zero-order chi connectivity index (χ0) is 14.3. The molecular formula is C17H15N3O. The molecule has 104 valence electrons. The molecule has 0 aliphatic heterocycles. The zero-order valence-corrected chi connectivity index (χ0v) is 11.5. The molecular weight excluding hydrogens is 262 g/mol. The average molecular weight is 277 g/mol. The Morgan fingerprint density at radius 2 is 1.67 bits per heavy atom. The molecule has 1 saturated carbocycles. The highest BCUT2D eigenvalue weighted by Gasteiger charge is 2.49. The van der Waals surface area contributed by atoms with Crippen LogP contribution >= 0.6 is 0 Å². The monoisotopic (exact) mass is 277 g/mol. The van der Waals surface area contributed by atoms with Gasteiger partial charge in [0.05, 0.1) is 11.0 Å². The van der Waals surface area contributed by atoms with Crippen molar-refractivity contribution in [1.29, 1.82) is 0 Å². The van der Waals surface area contributed by atoms with Gasteiger partial charge in [0.15, 0.2) is 5.82 Å². The SMILES string of the molecule is Nc1ccccc1-c1nc(C2(c3ccccc3)CC2)no1. The van der Waals surface area contributed by atoms with Gasteiger partial charge in [0.1, 0.15) is 0 Å². The molecule has 2 aromatic carbocycles. The maximum atomic E-state index is 5.97. The van der Waals surface area contributed by atoms with Gasteiger partial charge in [0, 0.05) is 5.69 Å². The number of hydrogen-bond donors (Lipinski definition) is 1. The predicted molar refractivity (Wildman–Crippen MR) is 80.6 cm³/mol. The van der Waals surface area contributed by atoms with E-state index in [1.807, 2.05) is 42.5 Å². The van der Waals surface area contributed by atoms with Gasteiger partial charge in [-0.05, 0) is 30.5 Å². The summed E-state index contributed by atoms with van der Waals surface area (Å²) in [5.41, 5.74) is 8.58. The Kier molecular flexibility index (Phi) is 2.57. The molecule has 0 spiro atoms. The highest BCUT2D eigenvalue weighted by Crippen LogP contribution is 2.52. The topological polar surface area (TPSA) is 64.9 Å². The number of benzene rings is 2. The third-order valence-electron chi connectivity index (χ3n) is 4.12. The van der Waals surface area contributed by atoms with Crippen molar-refractivity contribution in [1.82, 2.24) is 10.1 Å². The molecule has 0 amide bonds. The maximum Gasteiger partial charge on any atom is 0.260 e. The van der Waals surface area contributed by atoms with Crippen molar-refractivity contribution in [2.24, 2.45) is 0 Å². The fourth-order valence-electron chi connectivity index (χ4n) is 2.74. The Morgan fingerprint density at radius 1 is 0.952 bits per heavy atom. The van der Waals surface area contributed by atoms with E-state index in [-0.39, 0.29) is 5.41 Å². The van der Waals surface area contributed by atoms with Crippen LogP contribution in [0.2, 0.25) is 0 Å². The van der Waals surface area contributed by atoms with E-state index in [1.165, 1.54) is 5.56 Å². The van der Waals surface area contributed by atoms with Crippen LogP contribution in [0.25, 0.3) is 11.5 Å². The summed E-state index contributed by atoms with van der Waals surface area (Å²) in [6.07, 6.45) is 2.11. The highest BCUT2D eigenvalue weighted by molar-refractivity contribution is 5.70. The van der Waals surface area contributed by atoms with Crippen LogP contribution in [0.4, 0.5) is 5.69 Å². The van der Waals surface area contributed by atoms with Crippen molar-refractivity contribution in [3.63, 3.8) is 0 Å². The second-order valence-electron chi connectivity index (χ2n) is 5.46. The number of nitrogens with zero attached hydrogens (tertiary/aromatic N) is 2. The molecule has 0 bridgehead atoms. The van der Waals surface area contributed by atoms with Crippen LogP contribution in [0.5, 0.6) is 0 Å². The van der Waals surface area contributed by atoms with Crippen LogP contribution in [-0.2, 0) is 5.41 Å². The van der Waals surface area contributed by atoms with Crippen LogP contribution in [0.15, 0.2) is 59.1 Å². The van der Waals surface area contributed by atoms with E-state index < -0.39 is 0 Å². The summed E-state index contributed by atoms with van der Waals surface area (Å²) in [6, 6.07) is 17.9. The van der Waals surface area contributed by atoms with E-state index >= 15 is 0 Å². The molecule has 4 rings (SSSR count). The lowest BCUT2D eigenvalue weighted by atomic mass is 9.95. The third-order valence-corrected chi connectivity index (χ3v) is 4.12. The normalized spacial score (nSPS) is 15.8. The standard InChI is InChI=1S/C17H15N3O/c18-14-9-5-4-8-13(14)15-19-16(20-21-15)17(10-11-17)12-6-2-1-3-7-12/h1-9H,10-11,18H2. The summed E-state index contributed by atoms with van der Waals surface area (Å²) in [5, 5.41) is 4.20. The van der Waals surface area contributed by atoms with Crippen LogP contribution in [0.1, 0.15) is 24.2 Å². The second-order valence-corrected chi connectivity index (χ2v) is 5.46. The highest BCUT2D eigenvalue weighted by atomic mass is 16.5. The number of hydrogen-bond acceptors (Lipinski definition) is 4. The summed E-state index contributed by atoms with van der Waals surface area (Å²) >= 11 is 0. The van der Waals surface area contributed by atoms with Crippen molar-refractivity contribution in [2.45, 2.75) is 18.3 Å². The minimum atomic E-state index is -0.0768. The first-order valence-electron chi connectivity index (χ1n) is 7.04. The minimum absolute atomic E-state index is 0.0768. The lowest BCUT2D eigenvalue weighted by Crippen LogP contribution is -2.10. The number of nitrogens with two attached hydrogens (primary N) is 1. The zero-order valence-electron chi connectivity index (χ0n) is 11.5. The predicted octanol–water partition coefficient (Wildman–Crippen LogP) is 3.40. The van der Waals surface area contributed by atoms with Crippen LogP contribution < -0.4 is 5.73 Å². The fourth-order valence-corrected chi connectivity index (χ4v) is 2.74. The van der Waals surface area contributed by atoms with Crippen molar-refractivity contribution >= 4 is 5.69 Å². The largest absolute Gasteiger partial charge is 0.398 e. The van der Waals surface area contributed by atoms with Crippen LogP contribution in [-0.4, -0.2) is 10.1 Å². The first kappa shape index (κ1) is 12.1. The first-order chi connectivity index (χ1) is 10.3. The van der Waals surface area contributed by atoms with E-state index in [4.69, 9.17) is 10.3 Å². The smallest absolute Gasteiger partial charge is 0.260 e. The molecule has 0 saturated heterocycles. The number of rotatable bonds is 3. The Bertz CT molecular complexity index is 775. The Labute approximate surface area is 122 Å². The summed E-state index contributed by atoms with van der Waals surface area (Å²) in [6.45, 7) is 0. The summed E-state index contributed by atoms with van der Waals surface area (Å²) in [5.74, 6) is 1.25. The number of nitrogen functional groups attached to an aromatic ring is 1. The molecule has 1 fully saturated rings. The Balaban J connectivity index is 1.74. The second kappa shape index (κ2) is 4.45. The molecule has 4 heteroatoms. The van der Waals surface area contributed by atoms with Crippen molar-refractivity contribution in [3.8, 4) is 11.5 Å². The summed E-state index contributed by atoms with van der Waals surface area (Å²) in [4.78, 5) is 4.59. The third kappa shape index (κ3) is 1.91. The van der Waals surface area contributed by atoms with E-state index in [2.05, 4.69) is 22.3 Å². The van der Waals surface area contributed by atoms with Crippen molar-refractivity contribution < 1.29 is 4.52 Å². The van der Waals surface area contributed by atoms with Gasteiger partial charge in [0.2, 0.25) is 0 Å². The summed E-state index contributed by atoms with van der Waals surface area (Å²) < 4.78 is 5.44. The first-order valence-corrected chi connectivity index (χ1v) is 7.04. The van der Waals surface area contributed by atoms with E-state index in [1.54, 1.807) is 0 Å². The van der Waals surface area contributed by atoms with Crippen molar-refractivity contribution in [3.05, 3.63) is 66.0 Å². The number of anilines is 1. The van der Waals surface area contributed by atoms with Gasteiger partial charge in [-0.15, -0.1) is 0 Å². The molecule has 3 aromatic rings. The van der Waals surface area contributed by atoms with Gasteiger partial charge in [-0.3, -0.25) is 0 Å². The minimum Gasteiger partial charge on any atom is -0.398 e. The Hall–Kier alpha value is -2.62. The molecule has 1 heterocycles. The molecule has 1 aliphatic rings. The quantitative estimate of drug-likeness (QED) is 0.745. The van der Waals surface area contributed by atoms with E-state index in [0.29, 0.717) is 11.6 Å². The molecule has 1 aliphatic carbocycles. The number of aromatic nitrogens is 2. The van der Waals surface area contributed by atoms with Gasteiger partial charge in [-0.1, -0.05) is 47.6 Å². The molecule has 2 N–H and O–H groups in total. The van der Waals surface area contributed by atoms with E-state index in [0.717, 1.165) is 24.2 Å². The average Bonchev–Trinajstić information content (AvgIpc) is 3.20. The van der Waals surface area contributed by atoms with Gasteiger partial charge < -0.3 is 10.3 Å². The Morgan fingerprint density at radius 3 is 2.38 bits per heavy atom. The van der Waals surface area contributed by atoms with E-state index in [9.17, 15) is 0 Å². The van der Waals surface area contributed by atoms with Crippen LogP contribution in [0, 0.1) is 0 Å². The van der Waals surface area contributed by atoms with Gasteiger partial charge in [-0.25, -0.2) is 0 Å². The van der Waals surface area contributed by atoms with Crippen LogP contribution in [0.3, 0.4) is 0 Å².